The molecule has 2 aromatic carbocycles. The highest BCUT2D eigenvalue weighted by molar-refractivity contribution is 7.18. The summed E-state index contributed by atoms with van der Waals surface area (Å²) in [6, 6.07) is 19.4. The van der Waals surface area contributed by atoms with Crippen LogP contribution >= 0.6 is 11.3 Å². The number of anilines is 1. The first-order valence-electron chi connectivity index (χ1n) is 10.1. The van der Waals surface area contributed by atoms with Gasteiger partial charge in [0.1, 0.15) is 10.6 Å². The average Bonchev–Trinajstić information content (AvgIpc) is 3.22. The van der Waals surface area contributed by atoms with Crippen LogP contribution in [0.3, 0.4) is 0 Å². The van der Waals surface area contributed by atoms with E-state index in [1.165, 1.54) is 11.3 Å². The Morgan fingerprint density at radius 1 is 1.03 bits per heavy atom. The molecule has 2 N–H and O–H groups in total. The zero-order valence-electron chi connectivity index (χ0n) is 17.6. The van der Waals surface area contributed by atoms with Gasteiger partial charge in [-0.3, -0.25) is 4.79 Å². The monoisotopic (exact) mass is 438 g/mol. The molecular formula is C24H26N2O4S. The highest BCUT2D eigenvalue weighted by atomic mass is 32.1. The van der Waals surface area contributed by atoms with E-state index in [1.807, 2.05) is 60.7 Å². The summed E-state index contributed by atoms with van der Waals surface area (Å²) in [5, 5.41) is 5.98. The van der Waals surface area contributed by atoms with Crippen molar-refractivity contribution in [3.63, 3.8) is 0 Å². The normalized spacial score (nSPS) is 10.5. The first kappa shape index (κ1) is 22.5. The smallest absolute Gasteiger partial charge is 0.350 e. The summed E-state index contributed by atoms with van der Waals surface area (Å²) in [5.41, 5.74) is 2.61. The van der Waals surface area contributed by atoms with E-state index in [0.717, 1.165) is 28.2 Å². The van der Waals surface area contributed by atoms with E-state index in [0.29, 0.717) is 17.1 Å². The number of benzene rings is 2. The Morgan fingerprint density at radius 2 is 1.77 bits per heavy atom. The van der Waals surface area contributed by atoms with Crippen molar-refractivity contribution in [2.24, 2.45) is 0 Å². The van der Waals surface area contributed by atoms with Gasteiger partial charge in [-0.25, -0.2) is 4.79 Å². The lowest BCUT2D eigenvalue weighted by Crippen LogP contribution is -2.29. The van der Waals surface area contributed by atoms with Crippen molar-refractivity contribution in [2.45, 2.75) is 13.3 Å². The lowest BCUT2D eigenvalue weighted by atomic mass is 10.1. The lowest BCUT2D eigenvalue weighted by Gasteiger charge is -2.08. The fourth-order valence-electron chi connectivity index (χ4n) is 3.00. The van der Waals surface area contributed by atoms with Crippen molar-refractivity contribution in [2.75, 3.05) is 32.1 Å². The molecule has 0 radical (unpaired) electrons. The Balaban J connectivity index is 1.58. The lowest BCUT2D eigenvalue weighted by molar-refractivity contribution is -0.115. The average molecular weight is 439 g/mol. The van der Waals surface area contributed by atoms with Crippen molar-refractivity contribution < 1.29 is 19.1 Å². The molecule has 3 rings (SSSR count). The highest BCUT2D eigenvalue weighted by Gasteiger charge is 2.19. The Kier molecular flexibility index (Phi) is 8.20. The number of nitrogens with one attached hydrogen (secondary N) is 2. The molecule has 0 fully saturated rings. The first-order valence-corrected chi connectivity index (χ1v) is 10.9. The molecule has 0 saturated heterocycles. The quantitative estimate of drug-likeness (QED) is 0.363. The van der Waals surface area contributed by atoms with Gasteiger partial charge in [0.25, 0.3) is 0 Å². The summed E-state index contributed by atoms with van der Waals surface area (Å²) in [7, 11) is 1.64. The van der Waals surface area contributed by atoms with Gasteiger partial charge in [-0.2, -0.15) is 0 Å². The molecule has 0 unspecified atom stereocenters. The van der Waals surface area contributed by atoms with Gasteiger partial charge >= 0.3 is 5.97 Å². The van der Waals surface area contributed by atoms with Gasteiger partial charge in [-0.05, 0) is 49.2 Å². The number of ether oxygens (including phenoxy) is 2. The van der Waals surface area contributed by atoms with Gasteiger partial charge in [0.2, 0.25) is 5.91 Å². The van der Waals surface area contributed by atoms with Gasteiger partial charge in [0.15, 0.2) is 0 Å². The van der Waals surface area contributed by atoms with E-state index in [1.54, 1.807) is 14.0 Å². The Labute approximate surface area is 186 Å². The molecule has 0 aliphatic heterocycles. The second-order valence-electron chi connectivity index (χ2n) is 6.76. The number of rotatable bonds is 10. The number of hydrogen-bond donors (Lipinski definition) is 2. The molecule has 162 valence electrons. The molecule has 0 aliphatic rings. The molecule has 31 heavy (non-hydrogen) atoms. The number of esters is 1. The van der Waals surface area contributed by atoms with E-state index in [4.69, 9.17) is 9.47 Å². The third kappa shape index (κ3) is 6.41. The first-order chi connectivity index (χ1) is 15.1. The van der Waals surface area contributed by atoms with Crippen molar-refractivity contribution in [3.8, 4) is 16.2 Å². The predicted molar refractivity (Wildman–Crippen MR) is 124 cm³/mol. The molecule has 7 heteroatoms. The second kappa shape index (κ2) is 11.3. The van der Waals surface area contributed by atoms with E-state index in [2.05, 4.69) is 10.6 Å². The number of amides is 1. The summed E-state index contributed by atoms with van der Waals surface area (Å²) in [6.45, 7) is 2.84. The summed E-state index contributed by atoms with van der Waals surface area (Å²) in [5.74, 6) is 0.175. The number of methoxy groups -OCH3 is 1. The van der Waals surface area contributed by atoms with Gasteiger partial charge in [0.05, 0.1) is 25.9 Å². The SMILES string of the molecule is CCOC(=O)c1sc(-c2ccccc2)cc1NC(=O)CNCCc1ccc(OC)cc1. The summed E-state index contributed by atoms with van der Waals surface area (Å²) < 4.78 is 10.3. The third-order valence-electron chi connectivity index (χ3n) is 4.56. The Morgan fingerprint density at radius 3 is 2.45 bits per heavy atom. The molecule has 3 aromatic rings. The maximum absolute atomic E-state index is 12.4. The zero-order valence-corrected chi connectivity index (χ0v) is 18.5. The second-order valence-corrected chi connectivity index (χ2v) is 7.82. The fraction of sp³-hybridized carbons (Fsp3) is 0.250. The highest BCUT2D eigenvalue weighted by Crippen LogP contribution is 2.35. The number of thiophene rings is 1. The van der Waals surface area contributed by atoms with Crippen LogP contribution < -0.4 is 15.4 Å². The third-order valence-corrected chi connectivity index (χ3v) is 5.72. The van der Waals surface area contributed by atoms with Crippen molar-refractivity contribution in [3.05, 3.63) is 71.1 Å². The van der Waals surface area contributed by atoms with Crippen LogP contribution in [-0.2, 0) is 16.0 Å². The molecule has 0 saturated carbocycles. The molecule has 0 bridgehead atoms. The van der Waals surface area contributed by atoms with Crippen molar-refractivity contribution in [1.29, 1.82) is 0 Å². The maximum Gasteiger partial charge on any atom is 0.350 e. The standard InChI is InChI=1S/C24H26N2O4S/c1-3-30-24(28)23-20(15-21(31-23)18-7-5-4-6-8-18)26-22(27)16-25-14-13-17-9-11-19(29-2)12-10-17/h4-12,15,25H,3,13-14,16H2,1-2H3,(H,26,27). The predicted octanol–water partition coefficient (Wildman–Crippen LogP) is 4.37. The van der Waals surface area contributed by atoms with Gasteiger partial charge < -0.3 is 20.1 Å². The Hall–Kier alpha value is -3.16. The van der Waals surface area contributed by atoms with Crippen LogP contribution in [0.1, 0.15) is 22.2 Å². The molecular weight excluding hydrogens is 412 g/mol. The van der Waals surface area contributed by atoms with Crippen LogP contribution in [0.25, 0.3) is 10.4 Å². The van der Waals surface area contributed by atoms with Crippen molar-refractivity contribution in [1.82, 2.24) is 5.32 Å². The van der Waals surface area contributed by atoms with E-state index < -0.39 is 5.97 Å². The minimum absolute atomic E-state index is 0.148. The van der Waals surface area contributed by atoms with Crippen molar-refractivity contribution >= 4 is 28.9 Å². The van der Waals surface area contributed by atoms with Crippen LogP contribution in [0, 0.1) is 0 Å². The molecule has 0 atom stereocenters. The van der Waals surface area contributed by atoms with Crippen LogP contribution in [-0.4, -0.2) is 38.7 Å². The number of carbonyl (C=O) groups is 2. The largest absolute Gasteiger partial charge is 0.497 e. The minimum atomic E-state index is -0.433. The van der Waals surface area contributed by atoms with E-state index in [-0.39, 0.29) is 19.1 Å². The summed E-state index contributed by atoms with van der Waals surface area (Å²) in [6.07, 6.45) is 0.794. The van der Waals surface area contributed by atoms with Crippen LogP contribution in [0.4, 0.5) is 5.69 Å². The zero-order chi connectivity index (χ0) is 22.1. The molecule has 0 spiro atoms. The summed E-state index contributed by atoms with van der Waals surface area (Å²) >= 11 is 1.31. The molecule has 1 heterocycles. The van der Waals surface area contributed by atoms with E-state index in [9.17, 15) is 9.59 Å². The van der Waals surface area contributed by atoms with Crippen LogP contribution in [0.5, 0.6) is 5.75 Å². The molecule has 1 aromatic heterocycles. The number of carbonyl (C=O) groups excluding carboxylic acids is 2. The van der Waals surface area contributed by atoms with E-state index >= 15 is 0 Å². The van der Waals surface area contributed by atoms with Gasteiger partial charge in [-0.15, -0.1) is 11.3 Å². The minimum Gasteiger partial charge on any atom is -0.497 e. The maximum atomic E-state index is 12.4. The molecule has 0 aliphatic carbocycles. The van der Waals surface area contributed by atoms with Gasteiger partial charge in [-0.1, -0.05) is 42.5 Å². The molecule has 1 amide bonds. The summed E-state index contributed by atoms with van der Waals surface area (Å²) in [4.78, 5) is 26.1. The Bertz CT molecular complexity index is 1000. The number of hydrogen-bond acceptors (Lipinski definition) is 6. The molecule has 6 nitrogen and oxygen atoms in total. The van der Waals surface area contributed by atoms with Crippen LogP contribution in [0.15, 0.2) is 60.7 Å². The topological polar surface area (TPSA) is 76.7 Å². The van der Waals surface area contributed by atoms with Crippen LogP contribution in [0.2, 0.25) is 0 Å². The van der Waals surface area contributed by atoms with Gasteiger partial charge in [0, 0.05) is 4.88 Å². The fourth-order valence-corrected chi connectivity index (χ4v) is 4.01.